The number of benzene rings is 2. The van der Waals surface area contributed by atoms with Crippen molar-refractivity contribution < 1.29 is 18.0 Å². The predicted octanol–water partition coefficient (Wildman–Crippen LogP) is 6.03. The number of pyridine rings is 1. The SMILES string of the molecule is O=C(NCc1cccc(C(F)(F)F)c1)c1csc(CSc2nnc(-c3ccncc3)n2-c2ccccc2)n1. The van der Waals surface area contributed by atoms with Crippen molar-refractivity contribution in [3.63, 3.8) is 0 Å². The highest BCUT2D eigenvalue weighted by molar-refractivity contribution is 7.98. The molecule has 1 amide bonds. The molecule has 7 nitrogen and oxygen atoms in total. The van der Waals surface area contributed by atoms with Crippen LogP contribution in [0, 0.1) is 0 Å². The van der Waals surface area contributed by atoms with Crippen LogP contribution in [0.4, 0.5) is 13.2 Å². The maximum absolute atomic E-state index is 12.9. The fraction of sp³-hybridized carbons (Fsp3) is 0.115. The van der Waals surface area contributed by atoms with Gasteiger partial charge in [-0.15, -0.1) is 21.5 Å². The van der Waals surface area contributed by atoms with E-state index in [4.69, 9.17) is 0 Å². The summed E-state index contributed by atoms with van der Waals surface area (Å²) in [5.41, 5.74) is 1.58. The minimum Gasteiger partial charge on any atom is -0.347 e. The summed E-state index contributed by atoms with van der Waals surface area (Å²) in [4.78, 5) is 21.0. The minimum atomic E-state index is -4.44. The molecule has 12 heteroatoms. The molecule has 38 heavy (non-hydrogen) atoms. The molecule has 0 unspecified atom stereocenters. The van der Waals surface area contributed by atoms with Crippen LogP contribution in [0.2, 0.25) is 0 Å². The number of amides is 1. The molecule has 0 aliphatic heterocycles. The average Bonchev–Trinajstić information content (AvgIpc) is 3.59. The molecule has 0 bridgehead atoms. The first-order valence-electron chi connectivity index (χ1n) is 11.3. The van der Waals surface area contributed by atoms with Crippen molar-refractivity contribution in [2.24, 2.45) is 0 Å². The van der Waals surface area contributed by atoms with Crippen molar-refractivity contribution in [1.82, 2.24) is 30.0 Å². The summed E-state index contributed by atoms with van der Waals surface area (Å²) in [6.45, 7) is -0.0394. The van der Waals surface area contributed by atoms with Crippen LogP contribution in [0.25, 0.3) is 17.1 Å². The molecule has 0 spiro atoms. The molecule has 0 aliphatic rings. The Morgan fingerprint density at radius 2 is 1.79 bits per heavy atom. The van der Waals surface area contributed by atoms with Crippen molar-refractivity contribution in [3.8, 4) is 17.1 Å². The van der Waals surface area contributed by atoms with Gasteiger partial charge >= 0.3 is 6.18 Å². The van der Waals surface area contributed by atoms with Gasteiger partial charge in [-0.25, -0.2) is 4.98 Å². The van der Waals surface area contributed by atoms with Crippen LogP contribution in [0.3, 0.4) is 0 Å². The number of thiazole rings is 1. The summed E-state index contributed by atoms with van der Waals surface area (Å²) < 4.78 is 40.7. The van der Waals surface area contributed by atoms with Crippen LogP contribution in [-0.4, -0.2) is 30.6 Å². The summed E-state index contributed by atoms with van der Waals surface area (Å²) in [7, 11) is 0. The Bertz CT molecular complexity index is 1540. The molecule has 0 saturated carbocycles. The maximum atomic E-state index is 12.9. The number of hydrogen-bond donors (Lipinski definition) is 1. The predicted molar refractivity (Wildman–Crippen MR) is 139 cm³/mol. The molecule has 0 fully saturated rings. The third-order valence-corrected chi connectivity index (χ3v) is 7.37. The van der Waals surface area contributed by atoms with Gasteiger partial charge < -0.3 is 5.32 Å². The second kappa shape index (κ2) is 11.2. The highest BCUT2D eigenvalue weighted by Crippen LogP contribution is 2.31. The van der Waals surface area contributed by atoms with Gasteiger partial charge in [-0.2, -0.15) is 13.2 Å². The summed E-state index contributed by atoms with van der Waals surface area (Å²) in [5, 5.41) is 14.4. The van der Waals surface area contributed by atoms with Gasteiger partial charge in [-0.1, -0.05) is 42.1 Å². The second-order valence-corrected chi connectivity index (χ2v) is 9.89. The number of nitrogens with one attached hydrogen (secondary N) is 1. The average molecular weight is 553 g/mol. The summed E-state index contributed by atoms with van der Waals surface area (Å²) >= 11 is 2.76. The van der Waals surface area contributed by atoms with E-state index in [2.05, 4.69) is 25.5 Å². The van der Waals surface area contributed by atoms with E-state index in [-0.39, 0.29) is 12.2 Å². The number of thioether (sulfide) groups is 1. The highest BCUT2D eigenvalue weighted by Gasteiger charge is 2.30. The lowest BCUT2D eigenvalue weighted by molar-refractivity contribution is -0.137. The van der Waals surface area contributed by atoms with E-state index in [0.29, 0.717) is 27.3 Å². The smallest absolute Gasteiger partial charge is 0.347 e. The highest BCUT2D eigenvalue weighted by atomic mass is 32.2. The molecular formula is C26H19F3N6OS2. The van der Waals surface area contributed by atoms with Crippen molar-refractivity contribution >= 4 is 29.0 Å². The topological polar surface area (TPSA) is 85.6 Å². The molecule has 0 saturated heterocycles. The first kappa shape index (κ1) is 25.6. The van der Waals surface area contributed by atoms with Crippen LogP contribution >= 0.6 is 23.1 Å². The largest absolute Gasteiger partial charge is 0.416 e. The molecule has 2 aromatic carbocycles. The number of para-hydroxylation sites is 1. The Morgan fingerprint density at radius 1 is 1.00 bits per heavy atom. The van der Waals surface area contributed by atoms with E-state index in [1.54, 1.807) is 17.8 Å². The third kappa shape index (κ3) is 5.92. The quantitative estimate of drug-likeness (QED) is 0.237. The lowest BCUT2D eigenvalue weighted by Crippen LogP contribution is -2.23. The number of carbonyl (C=O) groups excluding carboxylic acids is 1. The van der Waals surface area contributed by atoms with Gasteiger partial charge in [-0.3, -0.25) is 14.3 Å². The number of alkyl halides is 3. The van der Waals surface area contributed by atoms with Gasteiger partial charge in [0.1, 0.15) is 10.7 Å². The molecule has 3 heterocycles. The summed E-state index contributed by atoms with van der Waals surface area (Å²) in [5.74, 6) is 0.671. The number of carbonyl (C=O) groups is 1. The summed E-state index contributed by atoms with van der Waals surface area (Å²) in [6.07, 6.45) is -1.05. The van der Waals surface area contributed by atoms with Gasteiger partial charge in [-0.05, 0) is 42.0 Å². The first-order valence-corrected chi connectivity index (χ1v) is 13.2. The molecule has 0 radical (unpaired) electrons. The zero-order chi connectivity index (χ0) is 26.5. The van der Waals surface area contributed by atoms with Crippen molar-refractivity contribution in [2.45, 2.75) is 23.6 Å². The molecule has 0 aliphatic carbocycles. The van der Waals surface area contributed by atoms with E-state index < -0.39 is 17.6 Å². The van der Waals surface area contributed by atoms with Gasteiger partial charge in [0.05, 0.1) is 11.3 Å². The zero-order valence-corrected chi connectivity index (χ0v) is 21.2. The maximum Gasteiger partial charge on any atom is 0.416 e. The van der Waals surface area contributed by atoms with Gasteiger partial charge in [0.2, 0.25) is 0 Å². The van der Waals surface area contributed by atoms with Crippen molar-refractivity contribution in [2.75, 3.05) is 0 Å². The molecule has 192 valence electrons. The fourth-order valence-corrected chi connectivity index (χ4v) is 5.34. The van der Waals surface area contributed by atoms with Crippen molar-refractivity contribution in [3.05, 3.63) is 106 Å². The number of nitrogens with zero attached hydrogens (tertiary/aromatic N) is 5. The van der Waals surface area contributed by atoms with E-state index >= 15 is 0 Å². The van der Waals surface area contributed by atoms with Crippen LogP contribution in [0.15, 0.2) is 89.7 Å². The Balaban J connectivity index is 1.27. The Hall–Kier alpha value is -4.03. The number of rotatable bonds is 8. The normalized spacial score (nSPS) is 11.4. The molecule has 0 atom stereocenters. The molecule has 5 rings (SSSR count). The monoisotopic (exact) mass is 552 g/mol. The Morgan fingerprint density at radius 3 is 2.55 bits per heavy atom. The lowest BCUT2D eigenvalue weighted by atomic mass is 10.1. The molecule has 3 aromatic heterocycles. The zero-order valence-electron chi connectivity index (χ0n) is 19.6. The summed E-state index contributed by atoms with van der Waals surface area (Å²) in [6, 6.07) is 18.3. The Kier molecular flexibility index (Phi) is 7.52. The first-order chi connectivity index (χ1) is 18.4. The number of aromatic nitrogens is 5. The van der Waals surface area contributed by atoms with Gasteiger partial charge in [0.25, 0.3) is 5.91 Å². The molecular weight excluding hydrogens is 533 g/mol. The van der Waals surface area contributed by atoms with E-state index in [9.17, 15) is 18.0 Å². The van der Waals surface area contributed by atoms with Crippen LogP contribution in [0.5, 0.6) is 0 Å². The van der Waals surface area contributed by atoms with Gasteiger partial charge in [0, 0.05) is 35.6 Å². The number of hydrogen-bond acceptors (Lipinski definition) is 7. The van der Waals surface area contributed by atoms with E-state index in [0.717, 1.165) is 23.4 Å². The second-order valence-electron chi connectivity index (χ2n) is 8.01. The number of halogens is 3. The van der Waals surface area contributed by atoms with Gasteiger partial charge in [0.15, 0.2) is 11.0 Å². The standard InChI is InChI=1S/C26H19F3N6OS2/c27-26(28,29)19-6-4-5-17(13-19)14-31-24(36)21-15-37-22(32-21)16-38-25-34-33-23(18-9-11-30-12-10-18)35(25)20-7-2-1-3-8-20/h1-13,15H,14,16H2,(H,31,36). The minimum absolute atomic E-state index is 0.0394. The molecule has 5 aromatic rings. The van der Waals surface area contributed by atoms with Crippen molar-refractivity contribution in [1.29, 1.82) is 0 Å². The van der Waals surface area contributed by atoms with Crippen LogP contribution in [0.1, 0.15) is 26.6 Å². The Labute approximate surface area is 223 Å². The van der Waals surface area contributed by atoms with E-state index in [1.807, 2.05) is 47.0 Å². The van der Waals surface area contributed by atoms with Crippen LogP contribution < -0.4 is 5.32 Å². The van der Waals surface area contributed by atoms with Crippen LogP contribution in [-0.2, 0) is 18.5 Å². The fourth-order valence-electron chi connectivity index (χ4n) is 3.60. The lowest BCUT2D eigenvalue weighted by Gasteiger charge is -2.09. The van der Waals surface area contributed by atoms with E-state index in [1.165, 1.54) is 35.2 Å². The third-order valence-electron chi connectivity index (χ3n) is 5.40. The molecule has 1 N–H and O–H groups in total.